The van der Waals surface area contributed by atoms with Crippen molar-refractivity contribution >= 4 is 34.4 Å². The Kier molecular flexibility index (Phi) is 13.4. The first-order valence-corrected chi connectivity index (χ1v) is 7.01. The molecule has 0 heterocycles. The van der Waals surface area contributed by atoms with Crippen LogP contribution in [-0.4, -0.2) is 6.10 Å². The van der Waals surface area contributed by atoms with E-state index in [1.165, 1.54) is 0 Å². The van der Waals surface area contributed by atoms with Crippen LogP contribution >= 0.6 is 29.1 Å². The summed E-state index contributed by atoms with van der Waals surface area (Å²) in [5.41, 5.74) is 0. The summed E-state index contributed by atoms with van der Waals surface area (Å²) in [6.07, 6.45) is -0.417. The van der Waals surface area contributed by atoms with Crippen LogP contribution in [0.4, 0.5) is 0 Å². The van der Waals surface area contributed by atoms with Crippen LogP contribution in [0.15, 0.2) is 30.3 Å². The van der Waals surface area contributed by atoms with Gasteiger partial charge >= 0.3 is 29.6 Å². The molecule has 14 heavy (non-hydrogen) atoms. The SMILES string of the molecule is CC(C)[O-].ClP(Cl)c1ccccc1.[Na+]. The molecular weight excluding hydrogens is 249 g/mol. The van der Waals surface area contributed by atoms with Gasteiger partial charge in [0.2, 0.25) is 0 Å². The smallest absolute Gasteiger partial charge is 0.852 e. The van der Waals surface area contributed by atoms with E-state index < -0.39 is 12.7 Å². The summed E-state index contributed by atoms with van der Waals surface area (Å²) in [6, 6.07) is 9.64. The van der Waals surface area contributed by atoms with Crippen LogP contribution in [0.1, 0.15) is 13.8 Å². The van der Waals surface area contributed by atoms with E-state index in [2.05, 4.69) is 0 Å². The van der Waals surface area contributed by atoms with Gasteiger partial charge in [-0.25, -0.2) is 0 Å². The van der Waals surface area contributed by atoms with Crippen LogP contribution < -0.4 is 40.0 Å². The molecule has 0 saturated heterocycles. The van der Waals surface area contributed by atoms with Gasteiger partial charge in [-0.1, -0.05) is 66.7 Å². The number of benzene rings is 1. The Hall–Kier alpha value is 1.19. The molecule has 0 spiro atoms. The van der Waals surface area contributed by atoms with E-state index in [0.29, 0.717) is 0 Å². The van der Waals surface area contributed by atoms with E-state index in [9.17, 15) is 5.11 Å². The van der Waals surface area contributed by atoms with E-state index in [-0.39, 0.29) is 29.6 Å². The summed E-state index contributed by atoms with van der Waals surface area (Å²) in [7, 11) is 0. The van der Waals surface area contributed by atoms with Crippen molar-refractivity contribution in [2.75, 3.05) is 0 Å². The number of halogens is 2. The molecule has 1 nitrogen and oxygen atoms in total. The summed E-state index contributed by atoms with van der Waals surface area (Å²) in [5.74, 6) is 0. The predicted octanol–water partition coefficient (Wildman–Crippen LogP) is -0.140. The Balaban J connectivity index is 0. The molecule has 0 aliphatic rings. The molecule has 5 heteroatoms. The molecule has 74 valence electrons. The molecule has 0 amide bonds. The van der Waals surface area contributed by atoms with E-state index in [0.717, 1.165) is 5.30 Å². The maximum Gasteiger partial charge on any atom is 1.00 e. The van der Waals surface area contributed by atoms with Crippen molar-refractivity contribution in [3.63, 3.8) is 0 Å². The van der Waals surface area contributed by atoms with Crippen LogP contribution in [0.3, 0.4) is 0 Å². The van der Waals surface area contributed by atoms with Gasteiger partial charge in [0.25, 0.3) is 0 Å². The monoisotopic (exact) mass is 260 g/mol. The third-order valence-corrected chi connectivity index (χ3v) is 2.81. The van der Waals surface area contributed by atoms with Gasteiger partial charge in [0.15, 0.2) is 0 Å². The Morgan fingerprint density at radius 1 is 1.14 bits per heavy atom. The number of rotatable bonds is 1. The van der Waals surface area contributed by atoms with Gasteiger partial charge in [-0.15, -0.1) is 6.10 Å². The molecule has 0 saturated carbocycles. The minimum atomic E-state index is -0.951. The maximum atomic E-state index is 9.53. The van der Waals surface area contributed by atoms with E-state index >= 15 is 0 Å². The minimum absolute atomic E-state index is 0. The molecule has 0 fully saturated rings. The molecule has 0 aliphatic heterocycles. The van der Waals surface area contributed by atoms with Crippen LogP contribution in [-0.2, 0) is 0 Å². The zero-order valence-corrected chi connectivity index (χ0v) is 13.0. The van der Waals surface area contributed by atoms with Gasteiger partial charge in [-0.3, -0.25) is 0 Å². The van der Waals surface area contributed by atoms with Gasteiger partial charge in [-0.2, -0.15) is 0 Å². The predicted molar refractivity (Wildman–Crippen MR) is 59.8 cm³/mol. The topological polar surface area (TPSA) is 23.1 Å². The average Bonchev–Trinajstić information content (AvgIpc) is 2.05. The quantitative estimate of drug-likeness (QED) is 0.509. The summed E-state index contributed by atoms with van der Waals surface area (Å²) >= 11 is 11.3. The summed E-state index contributed by atoms with van der Waals surface area (Å²) in [6.45, 7) is 2.27. The molecule has 1 rings (SSSR count). The van der Waals surface area contributed by atoms with Crippen LogP contribution in [0.5, 0.6) is 0 Å². The Labute approximate surface area is 118 Å². The molecule has 1 aromatic carbocycles. The molecule has 0 N–H and O–H groups in total. The second kappa shape index (κ2) is 10.7. The van der Waals surface area contributed by atoms with Crippen molar-refractivity contribution in [2.45, 2.75) is 20.0 Å². The zero-order chi connectivity index (χ0) is 10.3. The standard InChI is InChI=1S/C6H5Cl2P.C3H7O.Na/c7-9(8)6-4-2-1-3-5-6;1-3(2)4;/h1-5H;3H,1-2H3;/q;-1;+1. The van der Waals surface area contributed by atoms with E-state index in [1.54, 1.807) is 13.8 Å². The Bertz CT molecular complexity index is 217. The molecule has 1 aromatic rings. The Morgan fingerprint density at radius 3 is 1.71 bits per heavy atom. The zero-order valence-electron chi connectivity index (χ0n) is 8.58. The van der Waals surface area contributed by atoms with Crippen molar-refractivity contribution in [3.8, 4) is 0 Å². The van der Waals surface area contributed by atoms with Crippen molar-refractivity contribution in [1.82, 2.24) is 0 Å². The van der Waals surface area contributed by atoms with Crippen molar-refractivity contribution in [3.05, 3.63) is 30.3 Å². The molecule has 0 aliphatic carbocycles. The molecule has 0 unspecified atom stereocenters. The molecule has 0 aromatic heterocycles. The van der Waals surface area contributed by atoms with Crippen molar-refractivity contribution < 1.29 is 34.7 Å². The molecule has 0 atom stereocenters. The maximum absolute atomic E-state index is 9.53. The fraction of sp³-hybridized carbons (Fsp3) is 0.333. The van der Waals surface area contributed by atoms with Crippen LogP contribution in [0, 0.1) is 0 Å². The van der Waals surface area contributed by atoms with Crippen LogP contribution in [0.25, 0.3) is 0 Å². The number of hydrogen-bond acceptors (Lipinski definition) is 1. The summed E-state index contributed by atoms with van der Waals surface area (Å²) < 4.78 is 0. The summed E-state index contributed by atoms with van der Waals surface area (Å²) in [5, 5.41) is 10.5. The van der Waals surface area contributed by atoms with Gasteiger partial charge < -0.3 is 5.11 Å². The minimum Gasteiger partial charge on any atom is -0.852 e. The second-order valence-electron chi connectivity index (χ2n) is 2.62. The Morgan fingerprint density at radius 2 is 1.50 bits per heavy atom. The molecule has 0 radical (unpaired) electrons. The van der Waals surface area contributed by atoms with Crippen molar-refractivity contribution in [1.29, 1.82) is 0 Å². The molecular formula is C9H12Cl2NaOP. The normalized spacial score (nSPS) is 9.07. The summed E-state index contributed by atoms with van der Waals surface area (Å²) in [4.78, 5) is 0. The first-order chi connectivity index (χ1) is 6.04. The first kappa shape index (κ1) is 17.6. The largest absolute Gasteiger partial charge is 1.00 e. The van der Waals surface area contributed by atoms with E-state index in [4.69, 9.17) is 22.5 Å². The third-order valence-electron chi connectivity index (χ3n) is 0.951. The van der Waals surface area contributed by atoms with Gasteiger partial charge in [0.05, 0.1) is 0 Å². The second-order valence-corrected chi connectivity index (χ2v) is 6.15. The third kappa shape index (κ3) is 11.3. The average molecular weight is 261 g/mol. The van der Waals surface area contributed by atoms with Gasteiger partial charge in [0, 0.05) is 5.30 Å². The fourth-order valence-corrected chi connectivity index (χ4v) is 1.61. The van der Waals surface area contributed by atoms with Crippen molar-refractivity contribution in [2.24, 2.45) is 0 Å². The fourth-order valence-electron chi connectivity index (χ4n) is 0.541. The van der Waals surface area contributed by atoms with E-state index in [1.807, 2.05) is 30.3 Å². The number of hydrogen-bond donors (Lipinski definition) is 0. The van der Waals surface area contributed by atoms with Gasteiger partial charge in [0.1, 0.15) is 6.63 Å². The van der Waals surface area contributed by atoms with Crippen LogP contribution in [0.2, 0.25) is 0 Å². The molecule has 0 bridgehead atoms. The van der Waals surface area contributed by atoms with Gasteiger partial charge in [-0.05, 0) is 0 Å². The first-order valence-electron chi connectivity index (χ1n) is 3.86.